The molecule has 0 spiro atoms. The molecule has 26 heavy (non-hydrogen) atoms. The molecular weight excluding hydrogens is 333 g/mol. The van der Waals surface area contributed by atoms with Crippen LogP contribution in [-0.2, 0) is 0 Å². The highest BCUT2D eigenvalue weighted by Gasteiger charge is 2.23. The van der Waals surface area contributed by atoms with Gasteiger partial charge in [-0.3, -0.25) is 4.79 Å². The Balaban J connectivity index is 2.33. The van der Waals surface area contributed by atoms with Crippen molar-refractivity contribution >= 4 is 5.91 Å². The summed E-state index contributed by atoms with van der Waals surface area (Å²) >= 11 is 0. The molecule has 1 unspecified atom stereocenters. The van der Waals surface area contributed by atoms with Crippen LogP contribution in [0.4, 0.5) is 4.39 Å². The molecule has 0 saturated carbocycles. The fraction of sp³-hybridized carbons (Fsp3) is 0.550. The summed E-state index contributed by atoms with van der Waals surface area (Å²) in [5.74, 6) is -0.0707. The Morgan fingerprint density at radius 1 is 1.27 bits per heavy atom. The summed E-state index contributed by atoms with van der Waals surface area (Å²) in [4.78, 5) is 17.1. The van der Waals surface area contributed by atoms with Gasteiger partial charge in [0.2, 0.25) is 5.91 Å². The van der Waals surface area contributed by atoms with Crippen molar-refractivity contribution in [2.45, 2.75) is 60.5 Å². The SMILES string of the molecule is CC(CC(=O)n1nc(OC(C)C)nc1-c1cccc(F)c1)CC(C)(C)C. The molecule has 0 aliphatic carbocycles. The topological polar surface area (TPSA) is 57.0 Å². The van der Waals surface area contributed by atoms with Crippen LogP contribution in [-0.4, -0.2) is 26.8 Å². The third kappa shape index (κ3) is 5.64. The van der Waals surface area contributed by atoms with Gasteiger partial charge in [0.25, 0.3) is 0 Å². The van der Waals surface area contributed by atoms with Gasteiger partial charge in [0.15, 0.2) is 5.82 Å². The van der Waals surface area contributed by atoms with Gasteiger partial charge >= 0.3 is 6.01 Å². The molecule has 0 fully saturated rings. The van der Waals surface area contributed by atoms with Crippen molar-refractivity contribution < 1.29 is 13.9 Å². The number of carbonyl (C=O) groups excluding carboxylic acids is 1. The van der Waals surface area contributed by atoms with Gasteiger partial charge in [0, 0.05) is 12.0 Å². The van der Waals surface area contributed by atoms with E-state index in [9.17, 15) is 9.18 Å². The lowest BCUT2D eigenvalue weighted by Gasteiger charge is -2.22. The van der Waals surface area contributed by atoms with E-state index in [4.69, 9.17) is 4.74 Å². The summed E-state index contributed by atoms with van der Waals surface area (Å²) in [5.41, 5.74) is 0.632. The minimum Gasteiger partial charge on any atom is -0.460 e. The van der Waals surface area contributed by atoms with Crippen molar-refractivity contribution in [1.82, 2.24) is 14.8 Å². The summed E-state index contributed by atoms with van der Waals surface area (Å²) in [6.45, 7) is 12.2. The van der Waals surface area contributed by atoms with Crippen molar-refractivity contribution in [2.24, 2.45) is 11.3 Å². The number of aromatic nitrogens is 3. The van der Waals surface area contributed by atoms with E-state index in [1.165, 1.54) is 16.8 Å². The van der Waals surface area contributed by atoms with Crippen LogP contribution < -0.4 is 4.74 Å². The van der Waals surface area contributed by atoms with E-state index in [1.54, 1.807) is 12.1 Å². The summed E-state index contributed by atoms with van der Waals surface area (Å²) in [5, 5.41) is 4.22. The number of hydrogen-bond donors (Lipinski definition) is 0. The van der Waals surface area contributed by atoms with Gasteiger partial charge in [-0.05, 0) is 43.7 Å². The van der Waals surface area contributed by atoms with Crippen LogP contribution in [0.5, 0.6) is 6.01 Å². The van der Waals surface area contributed by atoms with Gasteiger partial charge in [-0.25, -0.2) is 4.39 Å². The number of halogens is 1. The van der Waals surface area contributed by atoms with E-state index >= 15 is 0 Å². The molecule has 0 saturated heterocycles. The van der Waals surface area contributed by atoms with E-state index in [1.807, 2.05) is 20.8 Å². The second-order valence-corrected chi connectivity index (χ2v) is 8.27. The fourth-order valence-electron chi connectivity index (χ4n) is 3.04. The lowest BCUT2D eigenvalue weighted by molar-refractivity contribution is 0.0854. The van der Waals surface area contributed by atoms with E-state index in [-0.39, 0.29) is 29.4 Å². The van der Waals surface area contributed by atoms with E-state index in [2.05, 4.69) is 30.9 Å². The number of benzene rings is 1. The second-order valence-electron chi connectivity index (χ2n) is 8.27. The number of nitrogens with zero attached hydrogens (tertiary/aromatic N) is 3. The van der Waals surface area contributed by atoms with Crippen molar-refractivity contribution in [1.29, 1.82) is 0 Å². The monoisotopic (exact) mass is 361 g/mol. The Hall–Kier alpha value is -2.24. The van der Waals surface area contributed by atoms with Gasteiger partial charge in [0.05, 0.1) is 6.10 Å². The third-order valence-electron chi connectivity index (χ3n) is 3.73. The zero-order chi connectivity index (χ0) is 19.5. The number of hydrogen-bond acceptors (Lipinski definition) is 4. The Kier molecular flexibility index (Phi) is 6.16. The van der Waals surface area contributed by atoms with Crippen molar-refractivity contribution in [3.05, 3.63) is 30.1 Å². The predicted octanol–water partition coefficient (Wildman–Crippen LogP) is 4.97. The Morgan fingerprint density at radius 3 is 2.54 bits per heavy atom. The summed E-state index contributed by atoms with van der Waals surface area (Å²) in [6.07, 6.45) is 1.13. The first-order valence-corrected chi connectivity index (χ1v) is 8.98. The molecular formula is C20H28FN3O2. The number of ether oxygens (including phenoxy) is 1. The van der Waals surface area contributed by atoms with Crippen LogP contribution in [0.25, 0.3) is 11.4 Å². The summed E-state index contributed by atoms with van der Waals surface area (Å²) in [6, 6.07) is 6.10. The fourth-order valence-corrected chi connectivity index (χ4v) is 3.04. The maximum Gasteiger partial charge on any atom is 0.336 e. The number of carbonyl (C=O) groups is 1. The lowest BCUT2D eigenvalue weighted by Crippen LogP contribution is -2.20. The molecule has 1 aromatic carbocycles. The highest BCUT2D eigenvalue weighted by atomic mass is 19.1. The maximum absolute atomic E-state index is 13.6. The largest absolute Gasteiger partial charge is 0.460 e. The zero-order valence-electron chi connectivity index (χ0n) is 16.4. The van der Waals surface area contributed by atoms with Gasteiger partial charge in [-0.2, -0.15) is 9.67 Å². The molecule has 2 rings (SSSR count). The van der Waals surface area contributed by atoms with E-state index in [0.717, 1.165) is 6.42 Å². The summed E-state index contributed by atoms with van der Waals surface area (Å²) in [7, 11) is 0. The first kappa shape index (κ1) is 20.1. The molecule has 142 valence electrons. The second kappa shape index (κ2) is 7.98. The van der Waals surface area contributed by atoms with Gasteiger partial charge in [-0.15, -0.1) is 5.10 Å². The lowest BCUT2D eigenvalue weighted by atomic mass is 9.84. The minimum absolute atomic E-state index is 0.121. The van der Waals surface area contributed by atoms with Gasteiger partial charge in [0.1, 0.15) is 5.82 Å². The molecule has 0 aliphatic heterocycles. The van der Waals surface area contributed by atoms with E-state index in [0.29, 0.717) is 17.8 Å². The highest BCUT2D eigenvalue weighted by molar-refractivity contribution is 5.82. The molecule has 1 aromatic heterocycles. The molecule has 0 bridgehead atoms. The Morgan fingerprint density at radius 2 is 1.96 bits per heavy atom. The molecule has 2 aromatic rings. The standard InChI is InChI=1S/C20H28FN3O2/c1-13(2)26-19-22-18(15-8-7-9-16(21)11-15)24(23-19)17(25)10-14(3)12-20(4,5)6/h7-9,11,13-14H,10,12H2,1-6H3. The molecule has 6 heteroatoms. The first-order chi connectivity index (χ1) is 12.0. The molecule has 0 N–H and O–H groups in total. The predicted molar refractivity (Wildman–Crippen MR) is 99.7 cm³/mol. The zero-order valence-corrected chi connectivity index (χ0v) is 16.4. The van der Waals surface area contributed by atoms with Crippen molar-refractivity contribution in [2.75, 3.05) is 0 Å². The smallest absolute Gasteiger partial charge is 0.336 e. The van der Waals surface area contributed by atoms with Gasteiger partial charge < -0.3 is 4.74 Å². The molecule has 0 aliphatic rings. The molecule has 0 amide bonds. The molecule has 0 radical (unpaired) electrons. The highest BCUT2D eigenvalue weighted by Crippen LogP contribution is 2.27. The Bertz CT molecular complexity index is 763. The normalized spacial score (nSPS) is 13.1. The molecule has 1 heterocycles. The van der Waals surface area contributed by atoms with Crippen LogP contribution in [0.2, 0.25) is 0 Å². The average molecular weight is 361 g/mol. The van der Waals surface area contributed by atoms with Crippen LogP contribution in [0.3, 0.4) is 0 Å². The summed E-state index contributed by atoms with van der Waals surface area (Å²) < 4.78 is 20.4. The average Bonchev–Trinajstić information content (AvgIpc) is 2.88. The van der Waals surface area contributed by atoms with Crippen LogP contribution >= 0.6 is 0 Å². The maximum atomic E-state index is 13.6. The van der Waals surface area contributed by atoms with Crippen LogP contribution in [0, 0.1) is 17.2 Å². The van der Waals surface area contributed by atoms with Crippen molar-refractivity contribution in [3.63, 3.8) is 0 Å². The van der Waals surface area contributed by atoms with Crippen molar-refractivity contribution in [3.8, 4) is 17.4 Å². The quantitative estimate of drug-likeness (QED) is 0.728. The first-order valence-electron chi connectivity index (χ1n) is 8.98. The van der Waals surface area contributed by atoms with Gasteiger partial charge in [-0.1, -0.05) is 39.8 Å². The third-order valence-corrected chi connectivity index (χ3v) is 3.73. The van der Waals surface area contributed by atoms with Crippen LogP contribution in [0.1, 0.15) is 59.2 Å². The van der Waals surface area contributed by atoms with Crippen LogP contribution in [0.15, 0.2) is 24.3 Å². The Labute approximate surface area is 154 Å². The molecule has 1 atom stereocenters. The van der Waals surface area contributed by atoms with E-state index < -0.39 is 5.82 Å². The minimum atomic E-state index is -0.392. The molecule has 5 nitrogen and oxygen atoms in total. The number of rotatable bonds is 6.